The first-order chi connectivity index (χ1) is 10.1. The molecule has 1 aromatic carbocycles. The van der Waals surface area contributed by atoms with Crippen LogP contribution in [0.2, 0.25) is 0 Å². The average Bonchev–Trinajstić information content (AvgIpc) is 2.49. The van der Waals surface area contributed by atoms with Gasteiger partial charge in [0.15, 0.2) is 0 Å². The molecule has 0 heterocycles. The Kier molecular flexibility index (Phi) is 5.62. The molecule has 0 bridgehead atoms. The number of aliphatic hydroxyl groups is 1. The smallest absolute Gasteiger partial charge is 0.220 e. The number of hydrogen-bond acceptors (Lipinski definition) is 3. The molecule has 2 rings (SSSR count). The number of ether oxygens (including phenoxy) is 1. The maximum atomic E-state index is 12.1. The topological polar surface area (TPSA) is 58.6 Å². The van der Waals surface area contributed by atoms with Crippen LogP contribution in [0.5, 0.6) is 5.75 Å². The molecule has 0 radical (unpaired) electrons. The summed E-state index contributed by atoms with van der Waals surface area (Å²) in [5, 5.41) is 12.6. The highest BCUT2D eigenvalue weighted by Gasteiger charge is 2.21. The molecule has 4 nitrogen and oxygen atoms in total. The van der Waals surface area contributed by atoms with Gasteiger partial charge in [-0.3, -0.25) is 4.79 Å². The number of nitrogens with one attached hydrogen (secondary N) is 1. The van der Waals surface area contributed by atoms with Crippen LogP contribution >= 0.6 is 0 Å². The average molecular weight is 291 g/mol. The van der Waals surface area contributed by atoms with E-state index >= 15 is 0 Å². The molecule has 0 aliphatic heterocycles. The first-order valence-corrected chi connectivity index (χ1v) is 7.70. The van der Waals surface area contributed by atoms with E-state index in [9.17, 15) is 9.90 Å². The van der Waals surface area contributed by atoms with Crippen LogP contribution in [0, 0.1) is 0 Å². The second-order valence-electron chi connectivity index (χ2n) is 5.95. The van der Waals surface area contributed by atoms with Crippen molar-refractivity contribution >= 4 is 5.91 Å². The van der Waals surface area contributed by atoms with Gasteiger partial charge in [0.1, 0.15) is 5.75 Å². The van der Waals surface area contributed by atoms with Crippen molar-refractivity contribution in [2.45, 2.75) is 57.1 Å². The standard InChI is InChI=1S/C17H25NO3/c1-12(13-4-3-5-16(11-13)21-2)10-17(20)18-14-6-8-15(19)9-7-14/h3-5,11-12,14-15,19H,6-10H2,1-2H3,(H,18,20). The Labute approximate surface area is 126 Å². The number of aliphatic hydroxyl groups excluding tert-OH is 1. The van der Waals surface area contributed by atoms with Crippen molar-refractivity contribution in [2.75, 3.05) is 7.11 Å². The molecular weight excluding hydrogens is 266 g/mol. The van der Waals surface area contributed by atoms with Crippen LogP contribution in [0.25, 0.3) is 0 Å². The molecule has 1 aliphatic carbocycles. The number of amides is 1. The fourth-order valence-electron chi connectivity index (χ4n) is 2.85. The van der Waals surface area contributed by atoms with E-state index in [-0.39, 0.29) is 24.0 Å². The van der Waals surface area contributed by atoms with Gasteiger partial charge in [-0.25, -0.2) is 0 Å². The molecule has 1 saturated carbocycles. The summed E-state index contributed by atoms with van der Waals surface area (Å²) in [5.41, 5.74) is 1.11. The van der Waals surface area contributed by atoms with E-state index < -0.39 is 0 Å². The second kappa shape index (κ2) is 7.46. The van der Waals surface area contributed by atoms with Crippen LogP contribution < -0.4 is 10.1 Å². The van der Waals surface area contributed by atoms with Crippen molar-refractivity contribution in [1.29, 1.82) is 0 Å². The minimum absolute atomic E-state index is 0.0895. The lowest BCUT2D eigenvalue weighted by molar-refractivity contribution is -0.122. The molecule has 1 aliphatic rings. The SMILES string of the molecule is COc1cccc(C(C)CC(=O)NC2CCC(O)CC2)c1. The number of methoxy groups -OCH3 is 1. The van der Waals surface area contributed by atoms with E-state index in [1.54, 1.807) is 7.11 Å². The fraction of sp³-hybridized carbons (Fsp3) is 0.588. The maximum absolute atomic E-state index is 12.1. The third kappa shape index (κ3) is 4.74. The first-order valence-electron chi connectivity index (χ1n) is 7.70. The van der Waals surface area contributed by atoms with Crippen LogP contribution in [0.15, 0.2) is 24.3 Å². The lowest BCUT2D eigenvalue weighted by Crippen LogP contribution is -2.38. The number of carbonyl (C=O) groups excluding carboxylic acids is 1. The van der Waals surface area contributed by atoms with Gasteiger partial charge in [0.2, 0.25) is 5.91 Å². The van der Waals surface area contributed by atoms with Gasteiger partial charge in [0.25, 0.3) is 0 Å². The van der Waals surface area contributed by atoms with Gasteiger partial charge in [-0.05, 0) is 49.3 Å². The largest absolute Gasteiger partial charge is 0.497 e. The molecule has 1 aromatic rings. The van der Waals surface area contributed by atoms with Crippen LogP contribution in [-0.4, -0.2) is 30.3 Å². The van der Waals surface area contributed by atoms with E-state index in [4.69, 9.17) is 4.74 Å². The van der Waals surface area contributed by atoms with Crippen LogP contribution in [0.3, 0.4) is 0 Å². The van der Waals surface area contributed by atoms with Gasteiger partial charge in [0, 0.05) is 12.5 Å². The van der Waals surface area contributed by atoms with Gasteiger partial charge in [0.05, 0.1) is 13.2 Å². The Bertz CT molecular complexity index is 467. The third-order valence-electron chi connectivity index (χ3n) is 4.22. The summed E-state index contributed by atoms with van der Waals surface area (Å²) in [6.07, 6.45) is 3.62. The summed E-state index contributed by atoms with van der Waals surface area (Å²) in [4.78, 5) is 12.1. The number of hydrogen-bond donors (Lipinski definition) is 2. The van der Waals surface area contributed by atoms with E-state index in [0.29, 0.717) is 6.42 Å². The zero-order valence-electron chi connectivity index (χ0n) is 12.8. The molecule has 21 heavy (non-hydrogen) atoms. The summed E-state index contributed by atoms with van der Waals surface area (Å²) >= 11 is 0. The molecule has 1 atom stereocenters. The van der Waals surface area contributed by atoms with Gasteiger partial charge >= 0.3 is 0 Å². The van der Waals surface area contributed by atoms with Gasteiger partial charge in [-0.1, -0.05) is 19.1 Å². The number of benzene rings is 1. The summed E-state index contributed by atoms with van der Waals surface area (Å²) in [5.74, 6) is 1.07. The zero-order chi connectivity index (χ0) is 15.2. The highest BCUT2D eigenvalue weighted by atomic mass is 16.5. The van der Waals surface area contributed by atoms with Gasteiger partial charge in [-0.2, -0.15) is 0 Å². The minimum atomic E-state index is -0.186. The van der Waals surface area contributed by atoms with Crippen molar-refractivity contribution < 1.29 is 14.6 Å². The highest BCUT2D eigenvalue weighted by molar-refractivity contribution is 5.77. The first kappa shape index (κ1) is 15.8. The summed E-state index contributed by atoms with van der Waals surface area (Å²) in [6, 6.07) is 8.08. The van der Waals surface area contributed by atoms with E-state index in [2.05, 4.69) is 12.2 Å². The molecule has 1 fully saturated rings. The van der Waals surface area contributed by atoms with E-state index in [0.717, 1.165) is 37.0 Å². The minimum Gasteiger partial charge on any atom is -0.497 e. The molecule has 4 heteroatoms. The predicted molar refractivity (Wildman–Crippen MR) is 82.4 cm³/mol. The van der Waals surface area contributed by atoms with Crippen molar-refractivity contribution in [3.63, 3.8) is 0 Å². The Morgan fingerprint density at radius 1 is 1.38 bits per heavy atom. The number of rotatable bonds is 5. The molecule has 116 valence electrons. The summed E-state index contributed by atoms with van der Waals surface area (Å²) in [6.45, 7) is 2.05. The quantitative estimate of drug-likeness (QED) is 0.876. The zero-order valence-corrected chi connectivity index (χ0v) is 12.8. The maximum Gasteiger partial charge on any atom is 0.220 e. The Balaban J connectivity index is 1.84. The van der Waals surface area contributed by atoms with Gasteiger partial charge in [-0.15, -0.1) is 0 Å². The fourth-order valence-corrected chi connectivity index (χ4v) is 2.85. The normalized spacial score (nSPS) is 23.4. The predicted octanol–water partition coefficient (Wildman–Crippen LogP) is 2.61. The van der Waals surface area contributed by atoms with Crippen molar-refractivity contribution in [3.05, 3.63) is 29.8 Å². The molecule has 2 N–H and O–H groups in total. The van der Waals surface area contributed by atoms with E-state index in [1.165, 1.54) is 0 Å². The molecule has 0 aromatic heterocycles. The third-order valence-corrected chi connectivity index (χ3v) is 4.22. The summed E-state index contributed by atoms with van der Waals surface area (Å²) < 4.78 is 5.22. The lowest BCUT2D eigenvalue weighted by Gasteiger charge is -2.26. The van der Waals surface area contributed by atoms with Crippen molar-refractivity contribution in [3.8, 4) is 5.75 Å². The monoisotopic (exact) mass is 291 g/mol. The van der Waals surface area contributed by atoms with Gasteiger partial charge < -0.3 is 15.2 Å². The second-order valence-corrected chi connectivity index (χ2v) is 5.95. The van der Waals surface area contributed by atoms with Crippen LogP contribution in [-0.2, 0) is 4.79 Å². The highest BCUT2D eigenvalue weighted by Crippen LogP contribution is 2.24. The van der Waals surface area contributed by atoms with Crippen LogP contribution in [0.4, 0.5) is 0 Å². The molecule has 1 amide bonds. The molecule has 0 saturated heterocycles. The van der Waals surface area contributed by atoms with E-state index in [1.807, 2.05) is 24.3 Å². The Hall–Kier alpha value is -1.55. The lowest BCUT2D eigenvalue weighted by atomic mass is 9.92. The Morgan fingerprint density at radius 2 is 2.10 bits per heavy atom. The van der Waals surface area contributed by atoms with Crippen molar-refractivity contribution in [1.82, 2.24) is 5.32 Å². The van der Waals surface area contributed by atoms with Crippen molar-refractivity contribution in [2.24, 2.45) is 0 Å². The Morgan fingerprint density at radius 3 is 2.76 bits per heavy atom. The molecule has 1 unspecified atom stereocenters. The molecule has 0 spiro atoms. The van der Waals surface area contributed by atoms with Crippen LogP contribution in [0.1, 0.15) is 50.5 Å². The molecular formula is C17H25NO3. The summed E-state index contributed by atoms with van der Waals surface area (Å²) in [7, 11) is 1.65. The number of carbonyl (C=O) groups is 1.